The van der Waals surface area contributed by atoms with Crippen LogP contribution in [0.1, 0.15) is 24.5 Å². The number of hydrogen-bond acceptors (Lipinski definition) is 5. The summed E-state index contributed by atoms with van der Waals surface area (Å²) in [5.74, 6) is 0.237. The molecule has 2 rings (SSSR count). The second-order valence-electron chi connectivity index (χ2n) is 5.95. The summed E-state index contributed by atoms with van der Waals surface area (Å²) in [5.41, 5.74) is 8.85. The number of amides is 2. The van der Waals surface area contributed by atoms with Crippen molar-refractivity contribution >= 4 is 39.7 Å². The van der Waals surface area contributed by atoms with Gasteiger partial charge in [0.1, 0.15) is 0 Å². The molecule has 0 atom stereocenters. The molecule has 1 aromatic rings. The van der Waals surface area contributed by atoms with Gasteiger partial charge in [-0.25, -0.2) is 4.79 Å². The second kappa shape index (κ2) is 9.87. The van der Waals surface area contributed by atoms with Crippen LogP contribution in [0.3, 0.4) is 0 Å². The third-order valence-electron chi connectivity index (χ3n) is 3.91. The van der Waals surface area contributed by atoms with Crippen LogP contribution >= 0.6 is 27.7 Å². The zero-order valence-electron chi connectivity index (χ0n) is 15.2. The maximum Gasteiger partial charge on any atom is 0.410 e. The van der Waals surface area contributed by atoms with E-state index in [0.717, 1.165) is 26.2 Å². The highest BCUT2D eigenvalue weighted by Crippen LogP contribution is 2.28. The van der Waals surface area contributed by atoms with E-state index in [0.29, 0.717) is 31.9 Å². The summed E-state index contributed by atoms with van der Waals surface area (Å²) in [5, 5.41) is 0. The molecule has 0 aliphatic carbocycles. The van der Waals surface area contributed by atoms with E-state index in [9.17, 15) is 9.59 Å². The van der Waals surface area contributed by atoms with Gasteiger partial charge in [-0.15, -0.1) is 11.8 Å². The van der Waals surface area contributed by atoms with E-state index in [2.05, 4.69) is 38.9 Å². The van der Waals surface area contributed by atoms with E-state index in [1.54, 1.807) is 11.8 Å². The molecule has 2 N–H and O–H groups in total. The Morgan fingerprint density at radius 3 is 2.73 bits per heavy atom. The molecule has 142 valence electrons. The Hall–Kier alpha value is -1.67. The Labute approximate surface area is 166 Å². The number of ether oxygens (including phenoxy) is 1. The van der Waals surface area contributed by atoms with Crippen LogP contribution in [0.2, 0.25) is 0 Å². The average molecular weight is 442 g/mol. The molecule has 0 aromatic heterocycles. The van der Waals surface area contributed by atoms with Gasteiger partial charge in [0.15, 0.2) is 0 Å². The fourth-order valence-electron chi connectivity index (χ4n) is 2.40. The van der Waals surface area contributed by atoms with E-state index in [1.165, 1.54) is 11.8 Å². The summed E-state index contributed by atoms with van der Waals surface area (Å²) in [7, 11) is 0. The van der Waals surface area contributed by atoms with Crippen LogP contribution in [0.5, 0.6) is 0 Å². The van der Waals surface area contributed by atoms with Gasteiger partial charge in [-0.3, -0.25) is 10.2 Å². The summed E-state index contributed by atoms with van der Waals surface area (Å²) in [6, 6.07) is 4.15. The van der Waals surface area contributed by atoms with Crippen molar-refractivity contribution in [2.75, 3.05) is 25.4 Å². The van der Waals surface area contributed by atoms with Crippen molar-refractivity contribution in [1.82, 2.24) is 15.8 Å². The molecular weight excluding hydrogens is 418 g/mol. The lowest BCUT2D eigenvalue weighted by Gasteiger charge is -2.26. The Morgan fingerprint density at radius 1 is 1.31 bits per heavy atom. The molecule has 1 aliphatic rings. The number of halogens is 1. The van der Waals surface area contributed by atoms with Crippen molar-refractivity contribution in [2.24, 2.45) is 0 Å². The van der Waals surface area contributed by atoms with Gasteiger partial charge in [-0.2, -0.15) is 0 Å². The monoisotopic (exact) mass is 441 g/mol. The van der Waals surface area contributed by atoms with Crippen LogP contribution < -0.4 is 10.9 Å². The molecule has 0 radical (unpaired) electrons. The molecular formula is C18H24BrN3O3S. The quantitative estimate of drug-likeness (QED) is 0.521. The van der Waals surface area contributed by atoms with Crippen molar-refractivity contribution in [3.63, 3.8) is 0 Å². The minimum atomic E-state index is -0.302. The molecule has 0 spiro atoms. The third kappa shape index (κ3) is 5.95. The van der Waals surface area contributed by atoms with Gasteiger partial charge in [0, 0.05) is 34.6 Å². The number of carbonyl (C=O) groups is 2. The fourth-order valence-corrected chi connectivity index (χ4v) is 3.77. The number of aryl methyl sites for hydroxylation is 2. The summed E-state index contributed by atoms with van der Waals surface area (Å²) >= 11 is 5.03. The van der Waals surface area contributed by atoms with Crippen LogP contribution in [0.15, 0.2) is 33.3 Å². The zero-order valence-corrected chi connectivity index (χ0v) is 17.6. The van der Waals surface area contributed by atoms with E-state index >= 15 is 0 Å². The first-order valence-corrected chi connectivity index (χ1v) is 10.2. The smallest absolute Gasteiger partial charge is 0.410 e. The topological polar surface area (TPSA) is 70.7 Å². The number of nitrogens with zero attached hydrogens (tertiary/aromatic N) is 1. The second-order valence-corrected chi connectivity index (χ2v) is 7.82. The van der Waals surface area contributed by atoms with Crippen LogP contribution in [0.4, 0.5) is 4.79 Å². The number of carbonyl (C=O) groups excluding carboxylic acids is 2. The van der Waals surface area contributed by atoms with Gasteiger partial charge < -0.3 is 15.1 Å². The maximum absolute atomic E-state index is 12.1. The van der Waals surface area contributed by atoms with E-state index < -0.39 is 0 Å². The number of hydrazine groups is 1. The first-order valence-electron chi connectivity index (χ1n) is 8.45. The largest absolute Gasteiger partial charge is 0.450 e. The Morgan fingerprint density at radius 2 is 2.08 bits per heavy atom. The highest BCUT2D eigenvalue weighted by atomic mass is 79.9. The fraction of sp³-hybridized carbons (Fsp3) is 0.444. The summed E-state index contributed by atoms with van der Waals surface area (Å²) in [6.07, 6.45) is 2.23. The predicted molar refractivity (Wildman–Crippen MR) is 107 cm³/mol. The van der Waals surface area contributed by atoms with Gasteiger partial charge in [0.05, 0.1) is 12.4 Å². The first-order chi connectivity index (χ1) is 12.4. The van der Waals surface area contributed by atoms with Crippen molar-refractivity contribution in [3.05, 3.63) is 39.5 Å². The average Bonchev–Trinajstić information content (AvgIpc) is 2.62. The molecule has 0 unspecified atom stereocenters. The van der Waals surface area contributed by atoms with Crippen molar-refractivity contribution in [2.45, 2.75) is 32.1 Å². The molecule has 0 saturated heterocycles. The first kappa shape index (κ1) is 20.6. The van der Waals surface area contributed by atoms with E-state index in [4.69, 9.17) is 4.74 Å². The van der Waals surface area contributed by atoms with Crippen LogP contribution in [0, 0.1) is 13.8 Å². The minimum Gasteiger partial charge on any atom is -0.450 e. The number of nitrogens with one attached hydrogen (secondary N) is 2. The number of hydrogen-bond donors (Lipinski definition) is 2. The van der Waals surface area contributed by atoms with Gasteiger partial charge in [-0.05, 0) is 50.1 Å². The molecule has 6 nitrogen and oxygen atoms in total. The molecule has 0 saturated carbocycles. The van der Waals surface area contributed by atoms with Crippen LogP contribution in [-0.4, -0.2) is 42.3 Å². The standard InChI is InChI=1S/C18H24BrN3O3S/c1-4-25-18(24)22-7-5-14(6-8-22)20-21-17(23)11-26-16-10-12(2)15(19)9-13(16)3/h5,9-10,20H,4,6-8,11H2,1-3H3,(H,21,23). The molecule has 0 bridgehead atoms. The van der Waals surface area contributed by atoms with Crippen LogP contribution in [-0.2, 0) is 9.53 Å². The SMILES string of the molecule is CCOC(=O)N1CC=C(NNC(=O)CSc2cc(C)c(Br)cc2C)CC1. The summed E-state index contributed by atoms with van der Waals surface area (Å²) < 4.78 is 6.05. The predicted octanol–water partition coefficient (Wildman–Crippen LogP) is 3.52. The number of rotatable bonds is 6. The molecule has 1 aromatic carbocycles. The highest BCUT2D eigenvalue weighted by molar-refractivity contribution is 9.10. The molecule has 2 amide bonds. The van der Waals surface area contributed by atoms with Gasteiger partial charge in [0.2, 0.25) is 5.91 Å². The van der Waals surface area contributed by atoms with Gasteiger partial charge in [-0.1, -0.05) is 15.9 Å². The Kier molecular flexibility index (Phi) is 7.84. The molecule has 8 heteroatoms. The van der Waals surface area contributed by atoms with Gasteiger partial charge in [0.25, 0.3) is 0 Å². The van der Waals surface area contributed by atoms with Crippen LogP contribution in [0.25, 0.3) is 0 Å². The lowest BCUT2D eigenvalue weighted by Crippen LogP contribution is -2.42. The van der Waals surface area contributed by atoms with Crippen molar-refractivity contribution < 1.29 is 14.3 Å². The van der Waals surface area contributed by atoms with E-state index in [1.807, 2.05) is 19.9 Å². The zero-order chi connectivity index (χ0) is 19.1. The molecule has 1 aliphatic heterocycles. The number of benzene rings is 1. The third-order valence-corrected chi connectivity index (χ3v) is 5.92. The van der Waals surface area contributed by atoms with Crippen molar-refractivity contribution in [1.29, 1.82) is 0 Å². The molecule has 26 heavy (non-hydrogen) atoms. The van der Waals surface area contributed by atoms with Gasteiger partial charge >= 0.3 is 6.09 Å². The maximum atomic E-state index is 12.1. The minimum absolute atomic E-state index is 0.0938. The highest BCUT2D eigenvalue weighted by Gasteiger charge is 2.18. The van der Waals surface area contributed by atoms with E-state index in [-0.39, 0.29) is 12.0 Å². The lowest BCUT2D eigenvalue weighted by atomic mass is 10.2. The number of thioether (sulfide) groups is 1. The van der Waals surface area contributed by atoms with Crippen molar-refractivity contribution in [3.8, 4) is 0 Å². The summed E-state index contributed by atoms with van der Waals surface area (Å²) in [6.45, 7) is 7.27. The molecule has 1 heterocycles. The summed E-state index contributed by atoms with van der Waals surface area (Å²) in [4.78, 5) is 26.4. The molecule has 0 fully saturated rings. The Bertz CT molecular complexity index is 709. The normalized spacial score (nSPS) is 13.8. The lowest BCUT2D eigenvalue weighted by molar-refractivity contribution is -0.119. The Balaban J connectivity index is 1.76.